The molecule has 0 fully saturated rings. The Kier molecular flexibility index (Phi) is 8.53. The van der Waals surface area contributed by atoms with Crippen LogP contribution in [0.15, 0.2) is 72.8 Å². The fourth-order valence-electron chi connectivity index (χ4n) is 2.81. The van der Waals surface area contributed by atoms with Crippen molar-refractivity contribution in [3.63, 3.8) is 0 Å². The Bertz CT molecular complexity index is 1050. The van der Waals surface area contributed by atoms with Crippen LogP contribution in [0.2, 0.25) is 0 Å². The van der Waals surface area contributed by atoms with Gasteiger partial charge in [-0.3, -0.25) is 4.79 Å². The summed E-state index contributed by atoms with van der Waals surface area (Å²) in [5, 5.41) is 2.62. The van der Waals surface area contributed by atoms with E-state index in [1.54, 1.807) is 42.5 Å². The average Bonchev–Trinajstić information content (AvgIpc) is 2.86. The number of hydrogen-bond donors (Lipinski definition) is 1. The van der Waals surface area contributed by atoms with Crippen LogP contribution < -0.4 is 24.3 Å². The molecule has 0 aliphatic heterocycles. The van der Waals surface area contributed by atoms with E-state index in [1.807, 2.05) is 30.3 Å². The third-order valence-electron chi connectivity index (χ3n) is 4.46. The van der Waals surface area contributed by atoms with E-state index in [1.165, 1.54) is 14.2 Å². The molecular weight excluding hydrogens is 426 g/mol. The first-order valence-corrected chi connectivity index (χ1v) is 10.1. The Labute approximate surface area is 192 Å². The van der Waals surface area contributed by atoms with Gasteiger partial charge >= 0.3 is 5.97 Å². The molecule has 0 atom stereocenters. The quantitative estimate of drug-likeness (QED) is 0.443. The van der Waals surface area contributed by atoms with Crippen LogP contribution in [0.1, 0.15) is 5.56 Å². The molecule has 1 amide bonds. The lowest BCUT2D eigenvalue weighted by molar-refractivity contribution is -0.149. The number of carbonyl (C=O) groups excluding carboxylic acids is 2. The summed E-state index contributed by atoms with van der Waals surface area (Å²) in [6.45, 7) is -0.310. The second kappa shape index (κ2) is 12.0. The number of rotatable bonds is 11. The second-order valence-corrected chi connectivity index (χ2v) is 6.81. The summed E-state index contributed by atoms with van der Waals surface area (Å²) in [5.41, 5.74) is 1.55. The van der Waals surface area contributed by atoms with E-state index in [0.717, 1.165) is 5.56 Å². The van der Waals surface area contributed by atoms with Crippen molar-refractivity contribution in [2.45, 2.75) is 6.61 Å². The van der Waals surface area contributed by atoms with Crippen LogP contribution in [-0.2, 0) is 20.9 Å². The minimum Gasteiger partial charge on any atom is -0.493 e. The van der Waals surface area contributed by atoms with E-state index >= 15 is 0 Å². The molecule has 0 bridgehead atoms. The summed E-state index contributed by atoms with van der Waals surface area (Å²) < 4.78 is 26.4. The molecule has 3 rings (SSSR count). The minimum atomic E-state index is -0.665. The van der Waals surface area contributed by atoms with Crippen molar-refractivity contribution in [1.82, 2.24) is 0 Å². The third kappa shape index (κ3) is 7.46. The largest absolute Gasteiger partial charge is 0.493 e. The summed E-state index contributed by atoms with van der Waals surface area (Å²) >= 11 is 0. The van der Waals surface area contributed by atoms with Gasteiger partial charge in [-0.25, -0.2) is 4.79 Å². The topological polar surface area (TPSA) is 92.3 Å². The van der Waals surface area contributed by atoms with Gasteiger partial charge in [-0.15, -0.1) is 0 Å². The second-order valence-electron chi connectivity index (χ2n) is 6.81. The summed E-state index contributed by atoms with van der Waals surface area (Å²) in [6.07, 6.45) is 0. The molecule has 3 aromatic rings. The smallest absolute Gasteiger partial charge is 0.344 e. The molecule has 0 aliphatic rings. The van der Waals surface area contributed by atoms with Gasteiger partial charge in [-0.1, -0.05) is 30.3 Å². The van der Waals surface area contributed by atoms with Crippen LogP contribution in [-0.4, -0.2) is 39.3 Å². The Morgan fingerprint density at radius 1 is 0.758 bits per heavy atom. The lowest BCUT2D eigenvalue weighted by atomic mass is 10.2. The monoisotopic (exact) mass is 451 g/mol. The van der Waals surface area contributed by atoms with Crippen molar-refractivity contribution in [3.8, 4) is 23.0 Å². The van der Waals surface area contributed by atoms with Gasteiger partial charge in [-0.2, -0.15) is 0 Å². The maximum Gasteiger partial charge on any atom is 0.344 e. The lowest BCUT2D eigenvalue weighted by Gasteiger charge is -2.11. The molecule has 0 aliphatic carbocycles. The summed E-state index contributed by atoms with van der Waals surface area (Å²) in [7, 11) is 3.02. The van der Waals surface area contributed by atoms with E-state index in [-0.39, 0.29) is 6.61 Å². The molecule has 0 unspecified atom stereocenters. The van der Waals surface area contributed by atoms with Crippen molar-refractivity contribution >= 4 is 17.6 Å². The minimum absolute atomic E-state index is 0.326. The standard InChI is InChI=1S/C25H25NO7/c1-29-22-13-8-19(14-23(22)30-2)26-24(27)16-33-25(28)17-32-21-11-9-20(10-12-21)31-15-18-6-4-3-5-7-18/h3-14H,15-17H2,1-2H3,(H,26,27). The van der Waals surface area contributed by atoms with Crippen LogP contribution in [0, 0.1) is 0 Å². The Morgan fingerprint density at radius 2 is 1.42 bits per heavy atom. The molecule has 0 radical (unpaired) electrons. The first-order valence-electron chi connectivity index (χ1n) is 10.1. The molecule has 0 saturated carbocycles. The lowest BCUT2D eigenvalue weighted by Crippen LogP contribution is -2.23. The van der Waals surface area contributed by atoms with Crippen LogP contribution >= 0.6 is 0 Å². The maximum atomic E-state index is 12.0. The number of esters is 1. The summed E-state index contributed by atoms with van der Waals surface area (Å²) in [4.78, 5) is 23.9. The molecule has 0 spiro atoms. The predicted octanol–water partition coefficient (Wildman–Crippen LogP) is 3.84. The molecule has 8 heteroatoms. The zero-order valence-electron chi connectivity index (χ0n) is 18.4. The molecule has 3 aromatic carbocycles. The van der Waals surface area contributed by atoms with Crippen molar-refractivity contribution in [3.05, 3.63) is 78.4 Å². The van der Waals surface area contributed by atoms with Gasteiger partial charge < -0.3 is 29.0 Å². The van der Waals surface area contributed by atoms with Gasteiger partial charge in [0.25, 0.3) is 5.91 Å². The number of methoxy groups -OCH3 is 2. The molecule has 33 heavy (non-hydrogen) atoms. The van der Waals surface area contributed by atoms with Crippen molar-refractivity contribution in [1.29, 1.82) is 0 Å². The number of benzene rings is 3. The maximum absolute atomic E-state index is 12.0. The number of ether oxygens (including phenoxy) is 5. The third-order valence-corrected chi connectivity index (χ3v) is 4.46. The Morgan fingerprint density at radius 3 is 2.09 bits per heavy atom. The van der Waals surface area contributed by atoms with Crippen molar-refractivity contribution < 1.29 is 33.3 Å². The van der Waals surface area contributed by atoms with Gasteiger partial charge in [0.15, 0.2) is 24.7 Å². The Hall–Kier alpha value is -4.20. The SMILES string of the molecule is COc1ccc(NC(=O)COC(=O)COc2ccc(OCc3ccccc3)cc2)cc1OC. The average molecular weight is 451 g/mol. The molecule has 1 N–H and O–H groups in total. The highest BCUT2D eigenvalue weighted by atomic mass is 16.6. The van der Waals surface area contributed by atoms with Crippen molar-refractivity contribution in [2.24, 2.45) is 0 Å². The van der Waals surface area contributed by atoms with Crippen molar-refractivity contribution in [2.75, 3.05) is 32.8 Å². The molecule has 172 valence electrons. The van der Waals surface area contributed by atoms with Crippen LogP contribution in [0.3, 0.4) is 0 Å². The van der Waals surface area contributed by atoms with Crippen LogP contribution in [0.25, 0.3) is 0 Å². The molecule has 0 heterocycles. The highest BCUT2D eigenvalue weighted by Gasteiger charge is 2.11. The van der Waals surface area contributed by atoms with Gasteiger partial charge in [-0.05, 0) is 42.0 Å². The number of anilines is 1. The molecular formula is C25H25NO7. The summed E-state index contributed by atoms with van der Waals surface area (Å²) in [5.74, 6) is 1.01. The van der Waals surface area contributed by atoms with Gasteiger partial charge in [0.05, 0.1) is 14.2 Å². The predicted molar refractivity (Wildman–Crippen MR) is 122 cm³/mol. The zero-order chi connectivity index (χ0) is 23.5. The molecule has 8 nitrogen and oxygen atoms in total. The zero-order valence-corrected chi connectivity index (χ0v) is 18.4. The van der Waals surface area contributed by atoms with Gasteiger partial charge in [0.1, 0.15) is 18.1 Å². The van der Waals surface area contributed by atoms with E-state index in [0.29, 0.717) is 35.3 Å². The van der Waals surface area contributed by atoms with Crippen LogP contribution in [0.5, 0.6) is 23.0 Å². The van der Waals surface area contributed by atoms with E-state index in [2.05, 4.69) is 5.32 Å². The number of carbonyl (C=O) groups is 2. The van der Waals surface area contributed by atoms with E-state index in [4.69, 9.17) is 23.7 Å². The number of nitrogens with one attached hydrogen (secondary N) is 1. The van der Waals surface area contributed by atoms with Gasteiger partial charge in [0, 0.05) is 11.8 Å². The fourth-order valence-corrected chi connectivity index (χ4v) is 2.81. The molecule has 0 aromatic heterocycles. The number of hydrogen-bond acceptors (Lipinski definition) is 7. The first-order chi connectivity index (χ1) is 16.1. The molecule has 0 saturated heterocycles. The van der Waals surface area contributed by atoms with Crippen LogP contribution in [0.4, 0.5) is 5.69 Å². The number of amides is 1. The van der Waals surface area contributed by atoms with Gasteiger partial charge in [0.2, 0.25) is 0 Å². The first kappa shape index (κ1) is 23.5. The fraction of sp³-hybridized carbons (Fsp3) is 0.200. The summed E-state index contributed by atoms with van der Waals surface area (Å²) in [6, 6.07) is 21.6. The highest BCUT2D eigenvalue weighted by molar-refractivity contribution is 5.93. The Balaban J connectivity index is 1.38. The highest BCUT2D eigenvalue weighted by Crippen LogP contribution is 2.29. The van der Waals surface area contributed by atoms with E-state index in [9.17, 15) is 9.59 Å². The normalized spacial score (nSPS) is 10.1. The van der Waals surface area contributed by atoms with E-state index < -0.39 is 18.5 Å².